The van der Waals surface area contributed by atoms with Crippen molar-refractivity contribution in [2.75, 3.05) is 0 Å². The minimum atomic E-state index is -0.935. The third-order valence-corrected chi connectivity index (χ3v) is 3.65. The molecule has 1 aromatic heterocycles. The molecule has 0 saturated carbocycles. The van der Waals surface area contributed by atoms with Gasteiger partial charge >= 0.3 is 5.97 Å². The summed E-state index contributed by atoms with van der Waals surface area (Å²) in [5.41, 5.74) is 2.07. The molecule has 0 fully saturated rings. The number of hydrogen-bond donors (Lipinski definition) is 1. The fraction of sp³-hybridized carbons (Fsp3) is 0.500. The maximum Gasteiger partial charge on any atom is 0.328 e. The molecule has 6 nitrogen and oxygen atoms in total. The lowest BCUT2D eigenvalue weighted by Gasteiger charge is -2.20. The molecule has 118 valence electrons. The number of carbonyl (C=O) groups is 1. The van der Waals surface area contributed by atoms with Gasteiger partial charge in [-0.25, -0.2) is 9.48 Å². The summed E-state index contributed by atoms with van der Waals surface area (Å²) in [7, 11) is 0. The van der Waals surface area contributed by atoms with Gasteiger partial charge in [-0.05, 0) is 27.3 Å². The van der Waals surface area contributed by atoms with Crippen molar-refractivity contribution in [1.29, 1.82) is 0 Å². The molecule has 0 aliphatic rings. The van der Waals surface area contributed by atoms with Crippen molar-refractivity contribution < 1.29 is 9.90 Å². The zero-order chi connectivity index (χ0) is 16.5. The van der Waals surface area contributed by atoms with E-state index in [1.165, 1.54) is 10.2 Å². The fourth-order valence-corrected chi connectivity index (χ4v) is 2.36. The Hall–Kier alpha value is -2.24. The van der Waals surface area contributed by atoms with Crippen molar-refractivity contribution in [3.63, 3.8) is 0 Å². The molecule has 2 rings (SSSR count). The summed E-state index contributed by atoms with van der Waals surface area (Å²) in [4.78, 5) is 11.5. The van der Waals surface area contributed by atoms with E-state index in [4.69, 9.17) is 0 Å². The van der Waals surface area contributed by atoms with Crippen LogP contribution in [0.4, 0.5) is 0 Å². The minimum absolute atomic E-state index is 0.0615. The van der Waals surface area contributed by atoms with Gasteiger partial charge in [0.15, 0.2) is 11.9 Å². The molecule has 22 heavy (non-hydrogen) atoms. The van der Waals surface area contributed by atoms with E-state index in [0.29, 0.717) is 5.82 Å². The average molecular weight is 302 g/mol. The Morgan fingerprint density at radius 2 is 1.77 bits per heavy atom. The molecule has 0 aliphatic heterocycles. The molecule has 0 spiro atoms. The second kappa shape index (κ2) is 5.87. The van der Waals surface area contributed by atoms with Gasteiger partial charge in [-0.3, -0.25) is 0 Å². The molecule has 1 N–H and O–H groups in total. The quantitative estimate of drug-likeness (QED) is 0.939. The second-order valence-electron chi connectivity index (χ2n) is 6.80. The van der Waals surface area contributed by atoms with Crippen molar-refractivity contribution in [2.24, 2.45) is 5.92 Å². The molecular formula is C16H22N4O2. The zero-order valence-corrected chi connectivity index (χ0v) is 13.6. The van der Waals surface area contributed by atoms with Crippen LogP contribution in [0, 0.1) is 5.92 Å². The van der Waals surface area contributed by atoms with E-state index in [-0.39, 0.29) is 11.3 Å². The Bertz CT molecular complexity index is 654. The van der Waals surface area contributed by atoms with E-state index in [2.05, 4.69) is 36.3 Å². The molecule has 0 bridgehead atoms. The van der Waals surface area contributed by atoms with Crippen molar-refractivity contribution in [1.82, 2.24) is 20.2 Å². The number of nitrogens with zero attached hydrogens (tertiary/aromatic N) is 4. The van der Waals surface area contributed by atoms with Crippen LogP contribution >= 0.6 is 0 Å². The van der Waals surface area contributed by atoms with Gasteiger partial charge in [0, 0.05) is 5.56 Å². The van der Waals surface area contributed by atoms with Crippen LogP contribution in [0.25, 0.3) is 11.4 Å². The van der Waals surface area contributed by atoms with Gasteiger partial charge < -0.3 is 5.11 Å². The Kier molecular flexibility index (Phi) is 4.30. The van der Waals surface area contributed by atoms with Crippen molar-refractivity contribution in [3.05, 3.63) is 29.8 Å². The van der Waals surface area contributed by atoms with Crippen LogP contribution in [0.3, 0.4) is 0 Å². The van der Waals surface area contributed by atoms with Crippen LogP contribution in [0.1, 0.15) is 46.2 Å². The van der Waals surface area contributed by atoms with Gasteiger partial charge in [0.2, 0.25) is 0 Å². The highest BCUT2D eigenvalue weighted by Gasteiger charge is 2.28. The number of aromatic nitrogens is 4. The Balaban J connectivity index is 2.43. The topological polar surface area (TPSA) is 80.9 Å². The largest absolute Gasteiger partial charge is 0.480 e. The third-order valence-electron chi connectivity index (χ3n) is 3.65. The summed E-state index contributed by atoms with van der Waals surface area (Å²) in [6.45, 7) is 10.1. The predicted molar refractivity (Wildman–Crippen MR) is 83.5 cm³/mol. The number of benzene rings is 1. The van der Waals surface area contributed by atoms with E-state index in [0.717, 1.165) is 5.56 Å². The monoisotopic (exact) mass is 302 g/mol. The summed E-state index contributed by atoms with van der Waals surface area (Å²) >= 11 is 0. The Labute approximate surface area is 130 Å². The fourth-order valence-electron chi connectivity index (χ4n) is 2.36. The van der Waals surface area contributed by atoms with Gasteiger partial charge in [0.1, 0.15) is 0 Å². The molecule has 6 heteroatoms. The molecule has 0 amide bonds. The summed E-state index contributed by atoms with van der Waals surface area (Å²) in [6, 6.07) is 7.13. The lowest BCUT2D eigenvalue weighted by molar-refractivity contribution is -0.142. The number of tetrazole rings is 1. The van der Waals surface area contributed by atoms with E-state index < -0.39 is 12.0 Å². The van der Waals surface area contributed by atoms with Crippen LogP contribution in [0.5, 0.6) is 0 Å². The zero-order valence-electron chi connectivity index (χ0n) is 13.6. The van der Waals surface area contributed by atoms with Crippen molar-refractivity contribution in [3.8, 4) is 11.4 Å². The molecule has 1 heterocycles. The molecule has 1 atom stereocenters. The minimum Gasteiger partial charge on any atom is -0.480 e. The molecule has 0 aliphatic carbocycles. The Morgan fingerprint density at radius 3 is 2.23 bits per heavy atom. The summed E-state index contributed by atoms with van der Waals surface area (Å²) in [5.74, 6) is -0.579. The maximum atomic E-state index is 11.5. The molecule has 0 saturated heterocycles. The molecule has 1 aromatic carbocycles. The third kappa shape index (κ3) is 3.16. The normalized spacial score (nSPS) is 13.4. The summed E-state index contributed by atoms with van der Waals surface area (Å²) in [6.07, 6.45) is 0. The lowest BCUT2D eigenvalue weighted by atomic mass is 9.86. The first-order chi connectivity index (χ1) is 10.2. The first-order valence-electron chi connectivity index (χ1n) is 7.33. The first kappa shape index (κ1) is 16.1. The molecular weight excluding hydrogens is 280 g/mol. The Morgan fingerprint density at radius 1 is 1.18 bits per heavy atom. The molecule has 2 aromatic rings. The van der Waals surface area contributed by atoms with Gasteiger partial charge in [-0.2, -0.15) is 0 Å². The smallest absolute Gasteiger partial charge is 0.328 e. The highest BCUT2D eigenvalue weighted by molar-refractivity contribution is 5.73. The van der Waals surface area contributed by atoms with Crippen LogP contribution in [0.15, 0.2) is 24.3 Å². The highest BCUT2D eigenvalue weighted by atomic mass is 16.4. The summed E-state index contributed by atoms with van der Waals surface area (Å²) < 4.78 is 1.39. The van der Waals surface area contributed by atoms with Gasteiger partial charge in [0.05, 0.1) is 0 Å². The van der Waals surface area contributed by atoms with Crippen molar-refractivity contribution >= 4 is 5.97 Å². The van der Waals surface area contributed by atoms with Crippen LogP contribution in [-0.4, -0.2) is 31.3 Å². The number of hydrogen-bond acceptors (Lipinski definition) is 4. The first-order valence-corrected chi connectivity index (χ1v) is 7.33. The molecule has 0 radical (unpaired) electrons. The van der Waals surface area contributed by atoms with Gasteiger partial charge in [-0.1, -0.05) is 58.9 Å². The SMILES string of the molecule is CC(C)C(C(=O)O)n1nnnc1-c1ccc(C(C)(C)C)cc1. The van der Waals surface area contributed by atoms with E-state index in [1.54, 1.807) is 0 Å². The van der Waals surface area contributed by atoms with Crippen LogP contribution < -0.4 is 0 Å². The second-order valence-corrected chi connectivity index (χ2v) is 6.80. The van der Waals surface area contributed by atoms with Crippen LogP contribution in [-0.2, 0) is 10.2 Å². The number of rotatable bonds is 4. The molecule has 1 unspecified atom stereocenters. The number of aliphatic carboxylic acids is 1. The van der Waals surface area contributed by atoms with E-state index in [9.17, 15) is 9.90 Å². The van der Waals surface area contributed by atoms with E-state index >= 15 is 0 Å². The van der Waals surface area contributed by atoms with Crippen LogP contribution in [0.2, 0.25) is 0 Å². The van der Waals surface area contributed by atoms with Gasteiger partial charge in [-0.15, -0.1) is 5.10 Å². The van der Waals surface area contributed by atoms with Gasteiger partial charge in [0.25, 0.3) is 0 Å². The maximum absolute atomic E-state index is 11.5. The van der Waals surface area contributed by atoms with E-state index in [1.807, 2.05) is 38.1 Å². The standard InChI is InChI=1S/C16H22N4O2/c1-10(2)13(15(21)22)20-14(17-18-19-20)11-6-8-12(9-7-11)16(3,4)5/h6-10,13H,1-5H3,(H,21,22). The predicted octanol–water partition coefficient (Wildman–Crippen LogP) is 2.92. The van der Waals surface area contributed by atoms with Crippen molar-refractivity contribution in [2.45, 2.75) is 46.1 Å². The summed E-state index contributed by atoms with van der Waals surface area (Å²) in [5, 5.41) is 21.0. The lowest BCUT2D eigenvalue weighted by Crippen LogP contribution is -2.26. The number of carboxylic acid groups (broad SMARTS) is 1. The highest BCUT2D eigenvalue weighted by Crippen LogP contribution is 2.27. The average Bonchev–Trinajstić information content (AvgIpc) is 2.86. The number of carboxylic acids is 1.